The zero-order valence-corrected chi connectivity index (χ0v) is 10.4. The van der Waals surface area contributed by atoms with Gasteiger partial charge < -0.3 is 0 Å². The minimum absolute atomic E-state index is 0.121. The van der Waals surface area contributed by atoms with Crippen LogP contribution in [0.25, 0.3) is 0 Å². The molecule has 0 aromatic carbocycles. The Morgan fingerprint density at radius 2 is 2.31 bits per heavy atom. The van der Waals surface area contributed by atoms with E-state index in [1.165, 1.54) is 23.7 Å². The van der Waals surface area contributed by atoms with Crippen molar-refractivity contribution in [3.63, 3.8) is 0 Å². The Bertz CT molecular complexity index is 562. The topological polar surface area (TPSA) is 74.8 Å². The van der Waals surface area contributed by atoms with Gasteiger partial charge in [0, 0.05) is 17.6 Å². The second-order valence-corrected chi connectivity index (χ2v) is 6.53. The highest BCUT2D eigenvalue weighted by atomic mass is 35.5. The number of hydrogen-bond acceptors (Lipinski definition) is 4. The first-order chi connectivity index (χ1) is 7.58. The second-order valence-electron chi connectivity index (χ2n) is 2.96. The van der Waals surface area contributed by atoms with Crippen LogP contribution in [0.15, 0.2) is 29.4 Å². The zero-order valence-electron chi connectivity index (χ0n) is 7.97. The summed E-state index contributed by atoms with van der Waals surface area (Å²) in [5, 5.41) is 6.04. The first kappa shape index (κ1) is 11.6. The summed E-state index contributed by atoms with van der Waals surface area (Å²) < 4.78 is 26.4. The van der Waals surface area contributed by atoms with Gasteiger partial charge in [0.2, 0.25) is 10.0 Å². The monoisotopic (exact) mass is 277 g/mol. The first-order valence-corrected chi connectivity index (χ1v) is 6.98. The number of halogens is 1. The lowest BCUT2D eigenvalue weighted by Gasteiger charge is -2.01. The van der Waals surface area contributed by atoms with Gasteiger partial charge in [0.1, 0.15) is 4.90 Å². The molecule has 0 saturated carbocycles. The predicted molar refractivity (Wildman–Crippen MR) is 61.9 cm³/mol. The fourth-order valence-electron chi connectivity index (χ4n) is 1.08. The van der Waals surface area contributed by atoms with Gasteiger partial charge in [-0.3, -0.25) is 5.10 Å². The molecule has 0 bridgehead atoms. The highest BCUT2D eigenvalue weighted by molar-refractivity contribution is 7.89. The van der Waals surface area contributed by atoms with Gasteiger partial charge in [0.25, 0.3) is 0 Å². The molecular weight excluding hydrogens is 270 g/mol. The first-order valence-electron chi connectivity index (χ1n) is 4.30. The van der Waals surface area contributed by atoms with Crippen molar-refractivity contribution in [1.29, 1.82) is 0 Å². The van der Waals surface area contributed by atoms with Crippen molar-refractivity contribution in [1.82, 2.24) is 14.9 Å². The maximum absolute atomic E-state index is 11.7. The highest BCUT2D eigenvalue weighted by Gasteiger charge is 2.14. The Hall–Kier alpha value is -0.890. The van der Waals surface area contributed by atoms with E-state index in [0.29, 0.717) is 4.34 Å². The molecule has 0 amide bonds. The van der Waals surface area contributed by atoms with Gasteiger partial charge in [-0.2, -0.15) is 5.10 Å². The Morgan fingerprint density at radius 1 is 1.50 bits per heavy atom. The van der Waals surface area contributed by atoms with Crippen LogP contribution in [0.3, 0.4) is 0 Å². The number of nitrogens with one attached hydrogen (secondary N) is 2. The van der Waals surface area contributed by atoms with Crippen LogP contribution in [-0.2, 0) is 16.6 Å². The summed E-state index contributed by atoms with van der Waals surface area (Å²) in [6, 6.07) is 3.51. The molecule has 0 spiro atoms. The van der Waals surface area contributed by atoms with Crippen LogP contribution in [0, 0.1) is 0 Å². The Labute approximate surface area is 102 Å². The van der Waals surface area contributed by atoms with Crippen molar-refractivity contribution in [3.05, 3.63) is 33.7 Å². The average Bonchev–Trinajstić information content (AvgIpc) is 2.85. The third-order valence-corrected chi connectivity index (χ3v) is 4.45. The number of H-pyrrole nitrogens is 1. The summed E-state index contributed by atoms with van der Waals surface area (Å²) >= 11 is 7.08. The molecule has 0 aliphatic heterocycles. The summed E-state index contributed by atoms with van der Waals surface area (Å²) in [4.78, 5) is 0.979. The van der Waals surface area contributed by atoms with E-state index >= 15 is 0 Å². The van der Waals surface area contributed by atoms with Gasteiger partial charge in [-0.05, 0) is 12.1 Å². The molecule has 0 unspecified atom stereocenters. The number of sulfonamides is 1. The van der Waals surface area contributed by atoms with E-state index in [1.807, 2.05) is 0 Å². The van der Waals surface area contributed by atoms with Crippen molar-refractivity contribution in [2.24, 2.45) is 0 Å². The minimum Gasteiger partial charge on any atom is -0.284 e. The molecule has 0 aliphatic rings. The quantitative estimate of drug-likeness (QED) is 0.891. The van der Waals surface area contributed by atoms with Gasteiger partial charge in [-0.15, -0.1) is 11.3 Å². The van der Waals surface area contributed by atoms with Crippen LogP contribution in [0.1, 0.15) is 4.88 Å². The number of hydrogen-bond donors (Lipinski definition) is 2. The molecule has 16 heavy (non-hydrogen) atoms. The largest absolute Gasteiger partial charge is 0.284 e. The molecule has 0 fully saturated rings. The normalized spacial score (nSPS) is 11.8. The number of rotatable bonds is 4. The number of aromatic nitrogens is 2. The molecule has 0 aliphatic carbocycles. The fourth-order valence-corrected chi connectivity index (χ4v) is 3.11. The second kappa shape index (κ2) is 4.54. The molecule has 2 rings (SSSR count). The molecule has 2 heterocycles. The molecular formula is C8H8ClN3O2S2. The van der Waals surface area contributed by atoms with E-state index in [1.54, 1.807) is 12.1 Å². The highest BCUT2D eigenvalue weighted by Crippen LogP contribution is 2.21. The molecule has 0 radical (unpaired) electrons. The van der Waals surface area contributed by atoms with Crippen molar-refractivity contribution in [3.8, 4) is 0 Å². The average molecular weight is 278 g/mol. The number of aromatic amines is 1. The lowest BCUT2D eigenvalue weighted by molar-refractivity contribution is 0.582. The van der Waals surface area contributed by atoms with E-state index < -0.39 is 10.0 Å². The summed E-state index contributed by atoms with van der Waals surface area (Å²) in [6.07, 6.45) is 2.58. The molecule has 0 atom stereocenters. The SMILES string of the molecule is O=S(=O)(NCc1ccc(Cl)s1)c1cn[nH]c1. The van der Waals surface area contributed by atoms with Crippen LogP contribution < -0.4 is 4.72 Å². The van der Waals surface area contributed by atoms with Crippen LogP contribution in [0.4, 0.5) is 0 Å². The molecule has 5 nitrogen and oxygen atoms in total. The Kier molecular flexibility index (Phi) is 3.29. The molecule has 8 heteroatoms. The Morgan fingerprint density at radius 3 is 2.88 bits per heavy atom. The molecule has 2 N–H and O–H groups in total. The molecule has 2 aromatic heterocycles. The van der Waals surface area contributed by atoms with E-state index in [0.717, 1.165) is 4.88 Å². The molecule has 2 aromatic rings. The summed E-state index contributed by atoms with van der Waals surface area (Å²) in [6.45, 7) is 0.227. The van der Waals surface area contributed by atoms with Crippen LogP contribution in [-0.4, -0.2) is 18.6 Å². The third kappa shape index (κ3) is 2.62. The van der Waals surface area contributed by atoms with Crippen LogP contribution in [0.5, 0.6) is 0 Å². The van der Waals surface area contributed by atoms with Crippen molar-refractivity contribution >= 4 is 33.0 Å². The van der Waals surface area contributed by atoms with Crippen LogP contribution >= 0.6 is 22.9 Å². The van der Waals surface area contributed by atoms with Crippen molar-refractivity contribution in [2.45, 2.75) is 11.4 Å². The summed E-state index contributed by atoms with van der Waals surface area (Å²) in [5.41, 5.74) is 0. The van der Waals surface area contributed by atoms with E-state index in [2.05, 4.69) is 14.9 Å². The van der Waals surface area contributed by atoms with Crippen molar-refractivity contribution in [2.75, 3.05) is 0 Å². The van der Waals surface area contributed by atoms with Gasteiger partial charge in [0.05, 0.1) is 10.5 Å². The van der Waals surface area contributed by atoms with Gasteiger partial charge in [-0.1, -0.05) is 11.6 Å². The maximum atomic E-state index is 11.7. The smallest absolute Gasteiger partial charge is 0.244 e. The van der Waals surface area contributed by atoms with E-state index in [-0.39, 0.29) is 11.4 Å². The van der Waals surface area contributed by atoms with Gasteiger partial charge in [-0.25, -0.2) is 13.1 Å². The number of thiophene rings is 1. The third-order valence-electron chi connectivity index (χ3n) is 1.85. The predicted octanol–water partition coefficient (Wildman–Crippen LogP) is 1.60. The number of nitrogens with zero attached hydrogens (tertiary/aromatic N) is 1. The van der Waals surface area contributed by atoms with Crippen LogP contribution in [0.2, 0.25) is 4.34 Å². The lowest BCUT2D eigenvalue weighted by atomic mass is 10.5. The van der Waals surface area contributed by atoms with Gasteiger partial charge >= 0.3 is 0 Å². The zero-order chi connectivity index (χ0) is 11.6. The van der Waals surface area contributed by atoms with E-state index in [4.69, 9.17) is 11.6 Å². The molecule has 86 valence electrons. The Balaban J connectivity index is 2.06. The van der Waals surface area contributed by atoms with Crippen molar-refractivity contribution < 1.29 is 8.42 Å². The fraction of sp³-hybridized carbons (Fsp3) is 0.125. The minimum atomic E-state index is -3.49. The summed E-state index contributed by atoms with van der Waals surface area (Å²) in [7, 11) is -3.49. The maximum Gasteiger partial charge on any atom is 0.244 e. The lowest BCUT2D eigenvalue weighted by Crippen LogP contribution is -2.22. The summed E-state index contributed by atoms with van der Waals surface area (Å²) in [5.74, 6) is 0. The standard InChI is InChI=1S/C8H8ClN3O2S2/c9-8-2-1-6(15-8)3-12-16(13,14)7-4-10-11-5-7/h1-2,4-5,12H,3H2,(H,10,11). The van der Waals surface area contributed by atoms with Gasteiger partial charge in [0.15, 0.2) is 0 Å². The van der Waals surface area contributed by atoms with E-state index in [9.17, 15) is 8.42 Å². The molecule has 0 saturated heterocycles.